The van der Waals surface area contributed by atoms with Crippen molar-refractivity contribution in [3.63, 3.8) is 0 Å². The Morgan fingerprint density at radius 3 is 2.78 bits per heavy atom. The zero-order chi connectivity index (χ0) is 13.0. The largest absolute Gasteiger partial charge is 0.354 e. The number of hydrogen-bond acceptors (Lipinski definition) is 2. The van der Waals surface area contributed by atoms with Crippen LogP contribution in [0.1, 0.15) is 26.7 Å². The number of halogens is 1. The molecule has 2 aromatic rings. The Balaban J connectivity index is 2.43. The predicted octanol–water partition coefficient (Wildman–Crippen LogP) is 3.72. The molecule has 0 aromatic carbocycles. The van der Waals surface area contributed by atoms with Gasteiger partial charge in [-0.2, -0.15) is 0 Å². The number of aromatic nitrogens is 2. The molecule has 0 spiro atoms. The van der Waals surface area contributed by atoms with Gasteiger partial charge in [-0.05, 0) is 25.0 Å². The summed E-state index contributed by atoms with van der Waals surface area (Å²) in [4.78, 5) is 6.83. The highest BCUT2D eigenvalue weighted by Crippen LogP contribution is 2.21. The van der Waals surface area contributed by atoms with E-state index in [4.69, 9.17) is 0 Å². The summed E-state index contributed by atoms with van der Waals surface area (Å²) in [6.07, 6.45) is 6.22. The second-order valence-corrected chi connectivity index (χ2v) is 5.19. The van der Waals surface area contributed by atoms with Crippen molar-refractivity contribution < 1.29 is 0 Å². The molecule has 4 heteroatoms. The quantitative estimate of drug-likeness (QED) is 0.758. The predicted molar refractivity (Wildman–Crippen MR) is 80.7 cm³/mol. The van der Waals surface area contributed by atoms with Crippen LogP contribution in [0.5, 0.6) is 0 Å². The molecule has 2 rings (SSSR count). The van der Waals surface area contributed by atoms with Crippen molar-refractivity contribution in [3.8, 4) is 0 Å². The summed E-state index contributed by atoms with van der Waals surface area (Å²) >= 11 is 3.56. The van der Waals surface area contributed by atoms with Crippen molar-refractivity contribution in [1.82, 2.24) is 9.38 Å². The standard InChI is InChI=1S/C14H20BrN3/c1-3-12(4-2)17(10-8-15)14-7-5-6-13-16-9-11-18(13)14/h5-7,9,11-12H,3-4,8,10H2,1-2H3. The second kappa shape index (κ2) is 6.23. The molecule has 0 radical (unpaired) electrons. The van der Waals surface area contributed by atoms with E-state index in [1.807, 2.05) is 18.5 Å². The first-order valence-corrected chi connectivity index (χ1v) is 7.68. The first-order chi connectivity index (χ1) is 8.81. The van der Waals surface area contributed by atoms with E-state index in [2.05, 4.69) is 56.2 Å². The van der Waals surface area contributed by atoms with Gasteiger partial charge in [0.15, 0.2) is 0 Å². The van der Waals surface area contributed by atoms with Crippen LogP contribution >= 0.6 is 15.9 Å². The third-order valence-corrected chi connectivity index (χ3v) is 3.76. The van der Waals surface area contributed by atoms with Gasteiger partial charge >= 0.3 is 0 Å². The lowest BCUT2D eigenvalue weighted by atomic mass is 10.1. The van der Waals surface area contributed by atoms with Crippen LogP contribution in [0.4, 0.5) is 5.82 Å². The zero-order valence-electron chi connectivity index (χ0n) is 11.0. The lowest BCUT2D eigenvalue weighted by Gasteiger charge is -2.32. The lowest BCUT2D eigenvalue weighted by Crippen LogP contribution is -2.37. The maximum Gasteiger partial charge on any atom is 0.138 e. The molecular formula is C14H20BrN3. The van der Waals surface area contributed by atoms with Gasteiger partial charge in [-0.3, -0.25) is 4.40 Å². The Bertz CT molecular complexity index is 490. The SMILES string of the molecule is CCC(CC)N(CCBr)c1cccc2nccn12. The highest BCUT2D eigenvalue weighted by atomic mass is 79.9. The number of fused-ring (bicyclic) bond motifs is 1. The molecule has 0 aliphatic heterocycles. The summed E-state index contributed by atoms with van der Waals surface area (Å²) in [5.41, 5.74) is 1.01. The molecule has 0 saturated carbocycles. The summed E-state index contributed by atoms with van der Waals surface area (Å²) in [6.45, 7) is 5.52. The van der Waals surface area contributed by atoms with Crippen molar-refractivity contribution in [1.29, 1.82) is 0 Å². The number of pyridine rings is 1. The van der Waals surface area contributed by atoms with Crippen molar-refractivity contribution in [2.75, 3.05) is 16.8 Å². The molecule has 98 valence electrons. The van der Waals surface area contributed by atoms with Crippen LogP contribution in [0.2, 0.25) is 0 Å². The van der Waals surface area contributed by atoms with E-state index in [1.165, 1.54) is 5.82 Å². The maximum atomic E-state index is 4.36. The normalized spacial score (nSPS) is 11.3. The Hall–Kier alpha value is -1.03. The summed E-state index contributed by atoms with van der Waals surface area (Å²) in [5, 5.41) is 0.981. The van der Waals surface area contributed by atoms with Gasteiger partial charge in [-0.15, -0.1) is 0 Å². The van der Waals surface area contributed by atoms with Crippen molar-refractivity contribution >= 4 is 27.4 Å². The van der Waals surface area contributed by atoms with E-state index < -0.39 is 0 Å². The van der Waals surface area contributed by atoms with Gasteiger partial charge in [-0.1, -0.05) is 35.8 Å². The molecule has 18 heavy (non-hydrogen) atoms. The first kappa shape index (κ1) is 13.4. The van der Waals surface area contributed by atoms with Gasteiger partial charge in [0.1, 0.15) is 11.5 Å². The number of imidazole rings is 1. The highest BCUT2D eigenvalue weighted by molar-refractivity contribution is 9.09. The van der Waals surface area contributed by atoms with Crippen LogP contribution in [0.25, 0.3) is 5.65 Å². The van der Waals surface area contributed by atoms with E-state index >= 15 is 0 Å². The molecule has 3 nitrogen and oxygen atoms in total. The molecule has 0 bridgehead atoms. The smallest absolute Gasteiger partial charge is 0.138 e. The maximum absolute atomic E-state index is 4.36. The Kier molecular flexibility index (Phi) is 4.64. The average Bonchev–Trinajstić information content (AvgIpc) is 2.87. The van der Waals surface area contributed by atoms with Gasteiger partial charge in [-0.25, -0.2) is 4.98 Å². The molecule has 0 atom stereocenters. The molecule has 0 unspecified atom stereocenters. The van der Waals surface area contributed by atoms with Crippen LogP contribution < -0.4 is 4.90 Å². The third-order valence-electron chi connectivity index (χ3n) is 3.41. The highest BCUT2D eigenvalue weighted by Gasteiger charge is 2.17. The molecule has 0 amide bonds. The van der Waals surface area contributed by atoms with Gasteiger partial charge in [0, 0.05) is 30.3 Å². The number of alkyl halides is 1. The van der Waals surface area contributed by atoms with Crippen molar-refractivity contribution in [3.05, 3.63) is 30.6 Å². The summed E-state index contributed by atoms with van der Waals surface area (Å²) in [7, 11) is 0. The number of nitrogens with zero attached hydrogens (tertiary/aromatic N) is 3. The fourth-order valence-electron chi connectivity index (χ4n) is 2.47. The summed E-state index contributed by atoms with van der Waals surface area (Å²) in [6, 6.07) is 6.88. The number of rotatable bonds is 6. The van der Waals surface area contributed by atoms with Crippen LogP contribution in [-0.4, -0.2) is 27.3 Å². The lowest BCUT2D eigenvalue weighted by molar-refractivity contribution is 0.562. The van der Waals surface area contributed by atoms with Crippen LogP contribution in [0.15, 0.2) is 30.6 Å². The molecule has 0 fully saturated rings. The van der Waals surface area contributed by atoms with Gasteiger partial charge in [0.25, 0.3) is 0 Å². The van der Waals surface area contributed by atoms with Crippen LogP contribution in [0, 0.1) is 0 Å². The molecule has 0 N–H and O–H groups in total. The molecule has 0 saturated heterocycles. The van der Waals surface area contributed by atoms with E-state index in [0.29, 0.717) is 6.04 Å². The minimum atomic E-state index is 0.579. The van der Waals surface area contributed by atoms with Gasteiger partial charge in [0.05, 0.1) is 0 Å². The van der Waals surface area contributed by atoms with E-state index in [1.54, 1.807) is 0 Å². The molecular weight excluding hydrogens is 290 g/mol. The Morgan fingerprint density at radius 1 is 1.33 bits per heavy atom. The second-order valence-electron chi connectivity index (χ2n) is 4.39. The minimum Gasteiger partial charge on any atom is -0.354 e. The summed E-state index contributed by atoms with van der Waals surface area (Å²) < 4.78 is 2.17. The molecule has 2 aromatic heterocycles. The Labute approximate surface area is 117 Å². The van der Waals surface area contributed by atoms with E-state index in [-0.39, 0.29) is 0 Å². The average molecular weight is 310 g/mol. The molecule has 0 aliphatic carbocycles. The van der Waals surface area contributed by atoms with Crippen LogP contribution in [0.3, 0.4) is 0 Å². The van der Waals surface area contributed by atoms with Crippen molar-refractivity contribution in [2.45, 2.75) is 32.7 Å². The monoisotopic (exact) mass is 309 g/mol. The van der Waals surface area contributed by atoms with Gasteiger partial charge in [0.2, 0.25) is 0 Å². The molecule has 0 aliphatic rings. The third kappa shape index (κ3) is 2.53. The Morgan fingerprint density at radius 2 is 2.11 bits per heavy atom. The minimum absolute atomic E-state index is 0.579. The fourth-order valence-corrected chi connectivity index (χ4v) is 2.85. The number of anilines is 1. The van der Waals surface area contributed by atoms with Crippen LogP contribution in [-0.2, 0) is 0 Å². The van der Waals surface area contributed by atoms with Crippen molar-refractivity contribution in [2.24, 2.45) is 0 Å². The van der Waals surface area contributed by atoms with Gasteiger partial charge < -0.3 is 4.90 Å². The zero-order valence-corrected chi connectivity index (χ0v) is 12.6. The van der Waals surface area contributed by atoms with E-state index in [0.717, 1.165) is 30.4 Å². The topological polar surface area (TPSA) is 20.5 Å². The molecule has 2 heterocycles. The van der Waals surface area contributed by atoms with E-state index in [9.17, 15) is 0 Å². The fraction of sp³-hybridized carbons (Fsp3) is 0.500. The first-order valence-electron chi connectivity index (χ1n) is 6.56. The number of hydrogen-bond donors (Lipinski definition) is 0. The summed E-state index contributed by atoms with van der Waals surface area (Å²) in [5.74, 6) is 1.23.